The first-order chi connectivity index (χ1) is 5.77. The fourth-order valence-electron chi connectivity index (χ4n) is 1.16. The van der Waals surface area contributed by atoms with Crippen molar-refractivity contribution in [3.05, 3.63) is 16.1 Å². The highest BCUT2D eigenvalue weighted by Gasteiger charge is 2.17. The van der Waals surface area contributed by atoms with Gasteiger partial charge in [-0.15, -0.1) is 0 Å². The van der Waals surface area contributed by atoms with Crippen LogP contribution in [0.1, 0.15) is 12.1 Å². The van der Waals surface area contributed by atoms with Crippen LogP contribution in [0.25, 0.3) is 0 Å². The number of hydrogen-bond acceptors (Lipinski definition) is 3. The van der Waals surface area contributed by atoms with E-state index in [1.807, 2.05) is 0 Å². The molecule has 5 heteroatoms. The van der Waals surface area contributed by atoms with E-state index < -0.39 is 0 Å². The summed E-state index contributed by atoms with van der Waals surface area (Å²) in [4.78, 5) is 7.80. The van der Waals surface area contributed by atoms with Crippen molar-refractivity contribution in [2.45, 2.75) is 12.8 Å². The maximum atomic E-state index is 5.79. The van der Waals surface area contributed by atoms with E-state index in [4.69, 9.17) is 27.9 Å². The third kappa shape index (κ3) is 1.34. The van der Waals surface area contributed by atoms with Crippen molar-refractivity contribution in [3.63, 3.8) is 0 Å². The smallest absolute Gasteiger partial charge is 0.224 e. The fourth-order valence-corrected chi connectivity index (χ4v) is 1.64. The second kappa shape index (κ2) is 3.07. The molecule has 0 amide bonds. The second-order valence-electron chi connectivity index (χ2n) is 2.51. The zero-order valence-electron chi connectivity index (χ0n) is 6.18. The summed E-state index contributed by atoms with van der Waals surface area (Å²) >= 11 is 11.4. The fraction of sp³-hybridized carbons (Fsp3) is 0.429. The molecule has 0 saturated carbocycles. The van der Waals surface area contributed by atoms with Crippen LogP contribution in [0.3, 0.4) is 0 Å². The van der Waals surface area contributed by atoms with Gasteiger partial charge in [0, 0.05) is 0 Å². The summed E-state index contributed by atoms with van der Waals surface area (Å²) in [6, 6.07) is 0. The maximum Gasteiger partial charge on any atom is 0.224 e. The van der Waals surface area contributed by atoms with Gasteiger partial charge in [-0.1, -0.05) is 11.6 Å². The van der Waals surface area contributed by atoms with Gasteiger partial charge in [-0.2, -0.15) is 0 Å². The normalized spacial score (nSPS) is 15.2. The van der Waals surface area contributed by atoms with Crippen molar-refractivity contribution < 1.29 is 4.74 Å². The lowest BCUT2D eigenvalue weighted by molar-refractivity contribution is 0.283. The Hall–Kier alpha value is -0.540. The summed E-state index contributed by atoms with van der Waals surface area (Å²) in [5.74, 6) is 0.590. The van der Waals surface area contributed by atoms with E-state index in [2.05, 4.69) is 9.97 Å². The molecule has 64 valence electrons. The molecule has 0 spiro atoms. The first-order valence-corrected chi connectivity index (χ1v) is 4.37. The Labute approximate surface area is 79.7 Å². The number of aromatic nitrogens is 2. The van der Waals surface area contributed by atoms with E-state index in [0.29, 0.717) is 17.5 Å². The standard InChI is InChI=1S/C7H6Cl2N2O/c8-6-5-4(2-1-3-12-5)10-7(9)11-6/h1-3H2. The summed E-state index contributed by atoms with van der Waals surface area (Å²) < 4.78 is 5.29. The average Bonchev–Trinajstić information content (AvgIpc) is 2.04. The molecule has 1 aliphatic heterocycles. The Balaban J connectivity index is 2.53. The van der Waals surface area contributed by atoms with E-state index >= 15 is 0 Å². The molecule has 0 unspecified atom stereocenters. The lowest BCUT2D eigenvalue weighted by atomic mass is 10.2. The molecule has 0 atom stereocenters. The van der Waals surface area contributed by atoms with Gasteiger partial charge in [0.1, 0.15) is 0 Å². The minimum absolute atomic E-state index is 0.184. The minimum atomic E-state index is 0.184. The van der Waals surface area contributed by atoms with E-state index in [1.165, 1.54) is 0 Å². The van der Waals surface area contributed by atoms with Crippen molar-refractivity contribution in [2.24, 2.45) is 0 Å². The molecule has 0 N–H and O–H groups in total. The van der Waals surface area contributed by atoms with Crippen molar-refractivity contribution in [1.82, 2.24) is 9.97 Å². The molecule has 1 aromatic rings. The van der Waals surface area contributed by atoms with Crippen molar-refractivity contribution in [3.8, 4) is 5.75 Å². The molecule has 0 aliphatic carbocycles. The molecule has 0 aromatic carbocycles. The molecule has 0 saturated heterocycles. The number of ether oxygens (including phenoxy) is 1. The highest BCUT2D eigenvalue weighted by atomic mass is 35.5. The lowest BCUT2D eigenvalue weighted by Crippen LogP contribution is -2.11. The minimum Gasteiger partial charge on any atom is -0.488 e. The average molecular weight is 205 g/mol. The lowest BCUT2D eigenvalue weighted by Gasteiger charge is -2.16. The molecule has 1 aliphatic rings. The highest BCUT2D eigenvalue weighted by Crippen LogP contribution is 2.30. The highest BCUT2D eigenvalue weighted by molar-refractivity contribution is 6.32. The Bertz CT molecular complexity index is 317. The van der Waals surface area contributed by atoms with Crippen LogP contribution in [0.2, 0.25) is 10.4 Å². The molecule has 1 aromatic heterocycles. The molecule has 0 radical (unpaired) electrons. The third-order valence-electron chi connectivity index (χ3n) is 1.67. The van der Waals surface area contributed by atoms with Crippen LogP contribution in [-0.4, -0.2) is 16.6 Å². The van der Waals surface area contributed by atoms with Gasteiger partial charge in [0.05, 0.1) is 12.3 Å². The Morgan fingerprint density at radius 2 is 2.08 bits per heavy atom. The molecule has 12 heavy (non-hydrogen) atoms. The van der Waals surface area contributed by atoms with Gasteiger partial charge in [0.15, 0.2) is 10.9 Å². The number of halogens is 2. The van der Waals surface area contributed by atoms with Crippen LogP contribution >= 0.6 is 23.2 Å². The second-order valence-corrected chi connectivity index (χ2v) is 3.21. The Kier molecular flexibility index (Phi) is 2.07. The molecular weight excluding hydrogens is 199 g/mol. The number of aryl methyl sites for hydroxylation is 1. The van der Waals surface area contributed by atoms with Gasteiger partial charge in [-0.25, -0.2) is 9.97 Å². The molecular formula is C7H6Cl2N2O. The molecule has 0 bridgehead atoms. The van der Waals surface area contributed by atoms with E-state index in [9.17, 15) is 0 Å². The predicted octanol–water partition coefficient (Wildman–Crippen LogP) is 2.11. The van der Waals surface area contributed by atoms with E-state index in [0.717, 1.165) is 18.5 Å². The largest absolute Gasteiger partial charge is 0.488 e. The van der Waals surface area contributed by atoms with Crippen LogP contribution < -0.4 is 4.74 Å². The van der Waals surface area contributed by atoms with Crippen LogP contribution in [0, 0.1) is 0 Å². The van der Waals surface area contributed by atoms with E-state index in [-0.39, 0.29) is 5.28 Å². The molecule has 0 fully saturated rings. The molecule has 3 nitrogen and oxygen atoms in total. The summed E-state index contributed by atoms with van der Waals surface area (Å²) in [6.07, 6.45) is 1.81. The van der Waals surface area contributed by atoms with Gasteiger partial charge in [0.2, 0.25) is 5.28 Å². The number of rotatable bonds is 0. The van der Waals surface area contributed by atoms with Crippen molar-refractivity contribution in [1.29, 1.82) is 0 Å². The quantitative estimate of drug-likeness (QED) is 0.480. The summed E-state index contributed by atoms with van der Waals surface area (Å²) in [5, 5.41) is 0.494. The zero-order valence-corrected chi connectivity index (χ0v) is 7.69. The first-order valence-electron chi connectivity index (χ1n) is 3.62. The maximum absolute atomic E-state index is 5.79. The number of nitrogens with zero attached hydrogens (tertiary/aromatic N) is 2. The number of hydrogen-bond donors (Lipinski definition) is 0. The van der Waals surface area contributed by atoms with Crippen LogP contribution in [0.15, 0.2) is 0 Å². The van der Waals surface area contributed by atoms with Crippen molar-refractivity contribution >= 4 is 23.2 Å². The van der Waals surface area contributed by atoms with Gasteiger partial charge < -0.3 is 4.74 Å². The van der Waals surface area contributed by atoms with E-state index in [1.54, 1.807) is 0 Å². The third-order valence-corrected chi connectivity index (χ3v) is 2.10. The Morgan fingerprint density at radius 1 is 1.25 bits per heavy atom. The van der Waals surface area contributed by atoms with Crippen LogP contribution in [0.4, 0.5) is 0 Å². The predicted molar refractivity (Wildman–Crippen MR) is 45.9 cm³/mol. The number of fused-ring (bicyclic) bond motifs is 1. The van der Waals surface area contributed by atoms with Gasteiger partial charge in [-0.3, -0.25) is 0 Å². The van der Waals surface area contributed by atoms with Gasteiger partial charge >= 0.3 is 0 Å². The summed E-state index contributed by atoms with van der Waals surface area (Å²) in [6.45, 7) is 0.678. The topological polar surface area (TPSA) is 35.0 Å². The van der Waals surface area contributed by atoms with Crippen LogP contribution in [-0.2, 0) is 6.42 Å². The van der Waals surface area contributed by atoms with Crippen molar-refractivity contribution in [2.75, 3.05) is 6.61 Å². The molecule has 2 rings (SSSR count). The summed E-state index contributed by atoms with van der Waals surface area (Å²) in [7, 11) is 0. The Morgan fingerprint density at radius 3 is 2.92 bits per heavy atom. The first kappa shape index (κ1) is 8.08. The summed E-state index contributed by atoms with van der Waals surface area (Å²) in [5.41, 5.74) is 0.811. The van der Waals surface area contributed by atoms with Gasteiger partial charge in [-0.05, 0) is 24.4 Å². The van der Waals surface area contributed by atoms with Crippen LogP contribution in [0.5, 0.6) is 5.75 Å². The monoisotopic (exact) mass is 204 g/mol. The molecule has 2 heterocycles. The SMILES string of the molecule is Clc1nc(Cl)c2c(n1)CCCO2. The zero-order chi connectivity index (χ0) is 8.55. The van der Waals surface area contributed by atoms with Gasteiger partial charge in [0.25, 0.3) is 0 Å².